The van der Waals surface area contributed by atoms with E-state index in [2.05, 4.69) is 55.4 Å². The minimum absolute atomic E-state index is 0.864. The van der Waals surface area contributed by atoms with Gasteiger partial charge in [-0.1, -0.05) is 12.8 Å². The molecule has 0 saturated carbocycles. The van der Waals surface area contributed by atoms with Gasteiger partial charge in [0.25, 0.3) is 0 Å². The van der Waals surface area contributed by atoms with Crippen molar-refractivity contribution in [1.82, 2.24) is 9.97 Å². The first-order valence-corrected chi connectivity index (χ1v) is 9.57. The minimum Gasteiger partial charge on any atom is -0.372 e. The molecule has 2 aromatic rings. The maximum atomic E-state index is 4.48. The topological polar surface area (TPSA) is 44.3 Å². The van der Waals surface area contributed by atoms with Gasteiger partial charge >= 0.3 is 0 Å². The van der Waals surface area contributed by atoms with Crippen LogP contribution in [-0.2, 0) is 0 Å². The van der Waals surface area contributed by atoms with Crippen LogP contribution in [0.2, 0.25) is 0 Å². The van der Waals surface area contributed by atoms with Crippen LogP contribution in [0.25, 0.3) is 0 Å². The molecule has 0 bridgehead atoms. The predicted octanol–water partition coefficient (Wildman–Crippen LogP) is 4.20. The van der Waals surface area contributed by atoms with Crippen LogP contribution in [-0.4, -0.2) is 36.1 Å². The van der Waals surface area contributed by atoms with Gasteiger partial charge in [0.1, 0.15) is 18.0 Å². The van der Waals surface area contributed by atoms with Crippen molar-refractivity contribution in [3.8, 4) is 0 Å². The molecule has 25 heavy (non-hydrogen) atoms. The lowest BCUT2D eigenvalue weighted by Crippen LogP contribution is -2.25. The van der Waals surface area contributed by atoms with Crippen molar-refractivity contribution in [3.63, 3.8) is 0 Å². The van der Waals surface area contributed by atoms with Gasteiger partial charge < -0.3 is 15.1 Å². The second kappa shape index (κ2) is 7.72. The third kappa shape index (κ3) is 4.03. The summed E-state index contributed by atoms with van der Waals surface area (Å²) in [6.45, 7) is 4.55. The number of nitrogens with one attached hydrogen (secondary N) is 1. The van der Waals surface area contributed by atoms with Crippen LogP contribution < -0.4 is 15.1 Å². The predicted molar refractivity (Wildman–Crippen MR) is 104 cm³/mol. The van der Waals surface area contributed by atoms with Gasteiger partial charge in [-0.3, -0.25) is 0 Å². The first kappa shape index (κ1) is 16.2. The van der Waals surface area contributed by atoms with E-state index >= 15 is 0 Å². The van der Waals surface area contributed by atoms with Crippen LogP contribution in [0, 0.1) is 0 Å². The van der Waals surface area contributed by atoms with Gasteiger partial charge in [0, 0.05) is 43.6 Å². The minimum atomic E-state index is 0.864. The summed E-state index contributed by atoms with van der Waals surface area (Å²) in [6, 6.07) is 10.7. The molecule has 0 aliphatic carbocycles. The Hall–Kier alpha value is -2.30. The molecule has 2 fully saturated rings. The van der Waals surface area contributed by atoms with Gasteiger partial charge in [-0.05, 0) is 49.9 Å². The average Bonchev–Trinajstić information content (AvgIpc) is 3.05. The van der Waals surface area contributed by atoms with Crippen molar-refractivity contribution < 1.29 is 0 Å². The maximum Gasteiger partial charge on any atom is 0.135 e. The first-order chi connectivity index (χ1) is 12.4. The highest BCUT2D eigenvalue weighted by molar-refractivity contribution is 5.62. The number of hydrogen-bond donors (Lipinski definition) is 1. The molecule has 1 aromatic heterocycles. The number of rotatable bonds is 4. The standard InChI is InChI=1S/C20H27N5/c1-2-4-14-25(13-3-1)20-15-19(21-16-22-20)23-17-7-9-18(10-8-17)24-11-5-6-12-24/h7-10,15-16H,1-6,11-14H2,(H,21,22,23). The molecular formula is C20H27N5. The molecule has 3 heterocycles. The summed E-state index contributed by atoms with van der Waals surface area (Å²) >= 11 is 0. The molecule has 0 unspecified atom stereocenters. The molecule has 5 heteroatoms. The zero-order valence-electron chi connectivity index (χ0n) is 14.8. The van der Waals surface area contributed by atoms with E-state index in [-0.39, 0.29) is 0 Å². The number of benzene rings is 1. The van der Waals surface area contributed by atoms with Gasteiger partial charge in [-0.25, -0.2) is 9.97 Å². The molecular weight excluding hydrogens is 310 g/mol. The molecule has 0 spiro atoms. The number of anilines is 4. The summed E-state index contributed by atoms with van der Waals surface area (Å²) in [5.41, 5.74) is 2.39. The summed E-state index contributed by atoms with van der Waals surface area (Å²) in [7, 11) is 0. The van der Waals surface area contributed by atoms with E-state index in [0.29, 0.717) is 0 Å². The molecule has 2 saturated heterocycles. The Labute approximate surface area is 150 Å². The van der Waals surface area contributed by atoms with E-state index in [9.17, 15) is 0 Å². The van der Waals surface area contributed by atoms with E-state index in [4.69, 9.17) is 0 Å². The van der Waals surface area contributed by atoms with Crippen LogP contribution in [0.5, 0.6) is 0 Å². The van der Waals surface area contributed by atoms with Crippen LogP contribution in [0.1, 0.15) is 38.5 Å². The molecule has 2 aliphatic heterocycles. The fourth-order valence-corrected chi connectivity index (χ4v) is 3.77. The molecule has 0 amide bonds. The molecule has 0 atom stereocenters. The Kier molecular flexibility index (Phi) is 5.00. The fourth-order valence-electron chi connectivity index (χ4n) is 3.77. The first-order valence-electron chi connectivity index (χ1n) is 9.57. The van der Waals surface area contributed by atoms with E-state index in [1.54, 1.807) is 6.33 Å². The quantitative estimate of drug-likeness (QED) is 0.906. The van der Waals surface area contributed by atoms with Crippen molar-refractivity contribution in [1.29, 1.82) is 0 Å². The van der Waals surface area contributed by atoms with Crippen LogP contribution >= 0.6 is 0 Å². The highest BCUT2D eigenvalue weighted by Crippen LogP contribution is 2.25. The molecule has 4 rings (SSSR count). The van der Waals surface area contributed by atoms with Gasteiger partial charge in [-0.15, -0.1) is 0 Å². The molecule has 1 aromatic carbocycles. The summed E-state index contributed by atoms with van der Waals surface area (Å²) in [4.78, 5) is 13.7. The van der Waals surface area contributed by atoms with E-state index in [1.807, 2.05) is 0 Å². The van der Waals surface area contributed by atoms with Gasteiger partial charge in [0.15, 0.2) is 0 Å². The smallest absolute Gasteiger partial charge is 0.135 e. The van der Waals surface area contributed by atoms with Crippen LogP contribution in [0.4, 0.5) is 23.0 Å². The largest absolute Gasteiger partial charge is 0.372 e. The lowest BCUT2D eigenvalue weighted by Gasteiger charge is -2.21. The second-order valence-corrected chi connectivity index (χ2v) is 7.03. The second-order valence-electron chi connectivity index (χ2n) is 7.03. The molecule has 2 aliphatic rings. The zero-order valence-corrected chi connectivity index (χ0v) is 14.8. The Morgan fingerprint density at radius 3 is 2.08 bits per heavy atom. The highest BCUT2D eigenvalue weighted by atomic mass is 15.2. The van der Waals surface area contributed by atoms with Crippen molar-refractivity contribution >= 4 is 23.0 Å². The third-order valence-corrected chi connectivity index (χ3v) is 5.19. The molecule has 5 nitrogen and oxygen atoms in total. The zero-order chi connectivity index (χ0) is 16.9. The highest BCUT2D eigenvalue weighted by Gasteiger charge is 2.13. The van der Waals surface area contributed by atoms with Crippen molar-refractivity contribution in [2.75, 3.05) is 41.3 Å². The molecule has 1 N–H and O–H groups in total. The normalized spacial score (nSPS) is 18.2. The summed E-state index contributed by atoms with van der Waals surface area (Å²) in [5, 5.41) is 3.42. The Bertz CT molecular complexity index is 671. The summed E-state index contributed by atoms with van der Waals surface area (Å²) in [5.74, 6) is 1.90. The number of hydrogen-bond acceptors (Lipinski definition) is 5. The summed E-state index contributed by atoms with van der Waals surface area (Å²) in [6.07, 6.45) is 9.45. The Morgan fingerprint density at radius 1 is 0.720 bits per heavy atom. The fraction of sp³-hybridized carbons (Fsp3) is 0.500. The third-order valence-electron chi connectivity index (χ3n) is 5.19. The SMILES string of the molecule is c1nc(Nc2ccc(N3CCCC3)cc2)cc(N2CCCCCC2)n1. The van der Waals surface area contributed by atoms with Crippen LogP contribution in [0.3, 0.4) is 0 Å². The lowest BCUT2D eigenvalue weighted by atomic mass is 10.2. The Balaban J connectivity index is 1.44. The summed E-state index contributed by atoms with van der Waals surface area (Å²) < 4.78 is 0. The van der Waals surface area contributed by atoms with Gasteiger partial charge in [0.05, 0.1) is 0 Å². The Morgan fingerprint density at radius 2 is 1.36 bits per heavy atom. The lowest BCUT2D eigenvalue weighted by molar-refractivity contribution is 0.726. The van der Waals surface area contributed by atoms with Gasteiger partial charge in [-0.2, -0.15) is 0 Å². The van der Waals surface area contributed by atoms with Crippen molar-refractivity contribution in [2.24, 2.45) is 0 Å². The van der Waals surface area contributed by atoms with E-state index in [1.165, 1.54) is 57.3 Å². The van der Waals surface area contributed by atoms with E-state index in [0.717, 1.165) is 30.4 Å². The van der Waals surface area contributed by atoms with Gasteiger partial charge in [0.2, 0.25) is 0 Å². The maximum absolute atomic E-state index is 4.48. The van der Waals surface area contributed by atoms with Crippen molar-refractivity contribution in [3.05, 3.63) is 36.7 Å². The van der Waals surface area contributed by atoms with Crippen LogP contribution in [0.15, 0.2) is 36.7 Å². The molecule has 0 radical (unpaired) electrons. The van der Waals surface area contributed by atoms with Crippen molar-refractivity contribution in [2.45, 2.75) is 38.5 Å². The van der Waals surface area contributed by atoms with E-state index < -0.39 is 0 Å². The monoisotopic (exact) mass is 337 g/mol. The number of nitrogens with zero attached hydrogens (tertiary/aromatic N) is 4. The number of aromatic nitrogens is 2. The average molecular weight is 337 g/mol. The molecule has 132 valence electrons.